The van der Waals surface area contributed by atoms with Crippen molar-refractivity contribution in [3.63, 3.8) is 0 Å². The number of benzene rings is 1. The molecule has 0 fully saturated rings. The van der Waals surface area contributed by atoms with Crippen LogP contribution in [-0.2, 0) is 13.5 Å². The molecule has 2 rings (SSSR count). The second kappa shape index (κ2) is 5.10. The van der Waals surface area contributed by atoms with Gasteiger partial charge in [-0.2, -0.15) is 5.10 Å². The molecule has 0 aliphatic heterocycles. The topological polar surface area (TPSA) is 55.9 Å². The highest BCUT2D eigenvalue weighted by Gasteiger charge is 2.00. The zero-order valence-electron chi connectivity index (χ0n) is 9.65. The van der Waals surface area contributed by atoms with E-state index in [4.69, 9.17) is 17.3 Å². The van der Waals surface area contributed by atoms with Gasteiger partial charge in [0.05, 0.1) is 17.1 Å². The lowest BCUT2D eigenvalue weighted by molar-refractivity contribution is 0.742. The van der Waals surface area contributed by atoms with Crippen molar-refractivity contribution >= 4 is 23.0 Å². The first-order valence-corrected chi connectivity index (χ1v) is 5.80. The van der Waals surface area contributed by atoms with Crippen LogP contribution in [0.5, 0.6) is 0 Å². The lowest BCUT2D eigenvalue weighted by atomic mass is 10.2. The maximum Gasteiger partial charge on any atom is 0.0642 e. The Balaban J connectivity index is 1.90. The Bertz CT molecular complexity index is 507. The van der Waals surface area contributed by atoms with Crippen molar-refractivity contribution in [2.75, 3.05) is 17.6 Å². The third-order valence-electron chi connectivity index (χ3n) is 2.48. The Hall–Kier alpha value is -1.68. The van der Waals surface area contributed by atoms with Crippen molar-refractivity contribution in [3.8, 4) is 0 Å². The van der Waals surface area contributed by atoms with Gasteiger partial charge < -0.3 is 11.1 Å². The Labute approximate surface area is 105 Å². The largest absolute Gasteiger partial charge is 0.397 e. The lowest BCUT2D eigenvalue weighted by Gasteiger charge is -2.08. The number of nitrogens with zero attached hydrogens (tertiary/aromatic N) is 2. The Morgan fingerprint density at radius 1 is 1.41 bits per heavy atom. The van der Waals surface area contributed by atoms with E-state index >= 15 is 0 Å². The minimum absolute atomic E-state index is 0.651. The van der Waals surface area contributed by atoms with E-state index in [0.29, 0.717) is 10.7 Å². The zero-order chi connectivity index (χ0) is 12.3. The fraction of sp³-hybridized carbons (Fsp3) is 0.250. The SMILES string of the molecule is Cn1ccc(CCNc2ccc(Cl)cc2N)n1. The predicted octanol–water partition coefficient (Wildman–Crippen LogP) is 2.31. The van der Waals surface area contributed by atoms with E-state index in [9.17, 15) is 0 Å². The van der Waals surface area contributed by atoms with Crippen LogP contribution in [0.2, 0.25) is 5.02 Å². The van der Waals surface area contributed by atoms with E-state index < -0.39 is 0 Å². The third kappa shape index (κ3) is 3.14. The quantitative estimate of drug-likeness (QED) is 0.819. The maximum absolute atomic E-state index is 5.84. The van der Waals surface area contributed by atoms with Gasteiger partial charge in [0.2, 0.25) is 0 Å². The molecular formula is C12H15ClN4. The fourth-order valence-electron chi connectivity index (χ4n) is 1.62. The van der Waals surface area contributed by atoms with Gasteiger partial charge >= 0.3 is 0 Å². The summed E-state index contributed by atoms with van der Waals surface area (Å²) in [6.45, 7) is 0.794. The molecule has 1 aromatic heterocycles. The molecule has 2 aromatic rings. The summed E-state index contributed by atoms with van der Waals surface area (Å²) in [4.78, 5) is 0. The van der Waals surface area contributed by atoms with Gasteiger partial charge in [-0.15, -0.1) is 0 Å². The van der Waals surface area contributed by atoms with Gasteiger partial charge in [0, 0.05) is 31.2 Å². The van der Waals surface area contributed by atoms with Crippen molar-refractivity contribution in [1.82, 2.24) is 9.78 Å². The van der Waals surface area contributed by atoms with Crippen molar-refractivity contribution in [2.24, 2.45) is 7.05 Å². The van der Waals surface area contributed by atoms with Crippen LogP contribution in [0.3, 0.4) is 0 Å². The molecule has 3 N–H and O–H groups in total. The highest BCUT2D eigenvalue weighted by Crippen LogP contribution is 2.22. The molecule has 5 heteroatoms. The highest BCUT2D eigenvalue weighted by molar-refractivity contribution is 6.31. The minimum Gasteiger partial charge on any atom is -0.397 e. The van der Waals surface area contributed by atoms with Gasteiger partial charge in [-0.3, -0.25) is 4.68 Å². The minimum atomic E-state index is 0.651. The van der Waals surface area contributed by atoms with Gasteiger partial charge in [-0.25, -0.2) is 0 Å². The normalized spacial score (nSPS) is 10.5. The number of anilines is 2. The van der Waals surface area contributed by atoms with Gasteiger partial charge in [0.1, 0.15) is 0 Å². The first-order valence-electron chi connectivity index (χ1n) is 5.42. The lowest BCUT2D eigenvalue weighted by Crippen LogP contribution is -2.07. The molecule has 1 heterocycles. The summed E-state index contributed by atoms with van der Waals surface area (Å²) in [6.07, 6.45) is 2.80. The summed E-state index contributed by atoms with van der Waals surface area (Å²) < 4.78 is 1.80. The molecule has 0 radical (unpaired) electrons. The van der Waals surface area contributed by atoms with Crippen LogP contribution < -0.4 is 11.1 Å². The summed E-state index contributed by atoms with van der Waals surface area (Å²) in [7, 11) is 1.91. The zero-order valence-corrected chi connectivity index (χ0v) is 10.4. The number of halogens is 1. The smallest absolute Gasteiger partial charge is 0.0642 e. The van der Waals surface area contributed by atoms with E-state index in [2.05, 4.69) is 10.4 Å². The molecule has 0 aliphatic carbocycles. The summed E-state index contributed by atoms with van der Waals surface area (Å²) in [5.41, 5.74) is 8.47. The molecule has 1 aromatic carbocycles. The number of rotatable bonds is 4. The van der Waals surface area contributed by atoms with E-state index in [-0.39, 0.29) is 0 Å². The number of aromatic nitrogens is 2. The van der Waals surface area contributed by atoms with Crippen molar-refractivity contribution in [2.45, 2.75) is 6.42 Å². The molecule has 0 bridgehead atoms. The Kier molecular flexibility index (Phi) is 3.54. The first-order chi connectivity index (χ1) is 8.15. The van der Waals surface area contributed by atoms with Crippen molar-refractivity contribution < 1.29 is 0 Å². The van der Waals surface area contributed by atoms with Gasteiger partial charge in [0.25, 0.3) is 0 Å². The van der Waals surface area contributed by atoms with E-state index in [0.717, 1.165) is 24.3 Å². The van der Waals surface area contributed by atoms with Gasteiger partial charge in [0.15, 0.2) is 0 Å². The van der Waals surface area contributed by atoms with Crippen LogP contribution in [0.15, 0.2) is 30.5 Å². The number of hydrogen-bond acceptors (Lipinski definition) is 3. The molecule has 0 saturated heterocycles. The number of nitrogens with one attached hydrogen (secondary N) is 1. The number of hydrogen-bond donors (Lipinski definition) is 2. The second-order valence-electron chi connectivity index (χ2n) is 3.89. The Morgan fingerprint density at radius 3 is 2.88 bits per heavy atom. The fourth-order valence-corrected chi connectivity index (χ4v) is 1.80. The molecule has 0 spiro atoms. The average Bonchev–Trinajstić information content (AvgIpc) is 2.68. The van der Waals surface area contributed by atoms with Crippen LogP contribution in [0, 0.1) is 0 Å². The number of aryl methyl sites for hydroxylation is 1. The van der Waals surface area contributed by atoms with Crippen LogP contribution in [0.4, 0.5) is 11.4 Å². The molecule has 0 aliphatic rings. The molecule has 17 heavy (non-hydrogen) atoms. The first kappa shape index (κ1) is 11.8. The molecule has 0 amide bonds. The van der Waals surface area contributed by atoms with E-state index in [1.54, 1.807) is 10.7 Å². The molecule has 0 atom stereocenters. The van der Waals surface area contributed by atoms with Crippen LogP contribution >= 0.6 is 11.6 Å². The predicted molar refractivity (Wildman–Crippen MR) is 71.3 cm³/mol. The van der Waals surface area contributed by atoms with Crippen LogP contribution in [-0.4, -0.2) is 16.3 Å². The monoisotopic (exact) mass is 250 g/mol. The summed E-state index contributed by atoms with van der Waals surface area (Å²) >= 11 is 5.83. The maximum atomic E-state index is 5.84. The molecule has 90 valence electrons. The van der Waals surface area contributed by atoms with Crippen LogP contribution in [0.1, 0.15) is 5.69 Å². The summed E-state index contributed by atoms with van der Waals surface area (Å²) in [5, 5.41) is 8.22. The average molecular weight is 251 g/mol. The molecule has 0 unspecified atom stereocenters. The van der Waals surface area contributed by atoms with Crippen LogP contribution in [0.25, 0.3) is 0 Å². The Morgan fingerprint density at radius 2 is 2.24 bits per heavy atom. The molecular weight excluding hydrogens is 236 g/mol. The van der Waals surface area contributed by atoms with Crippen molar-refractivity contribution in [3.05, 3.63) is 41.2 Å². The standard InChI is InChI=1S/C12H15ClN4/c1-17-7-5-10(16-17)4-6-15-12-3-2-9(13)8-11(12)14/h2-3,5,7-8,15H,4,6,14H2,1H3. The highest BCUT2D eigenvalue weighted by atomic mass is 35.5. The molecule has 4 nitrogen and oxygen atoms in total. The van der Waals surface area contributed by atoms with Crippen molar-refractivity contribution in [1.29, 1.82) is 0 Å². The number of nitrogen functional groups attached to an aromatic ring is 1. The van der Waals surface area contributed by atoms with Gasteiger partial charge in [-0.05, 0) is 24.3 Å². The van der Waals surface area contributed by atoms with E-state index in [1.807, 2.05) is 31.4 Å². The summed E-state index contributed by atoms with van der Waals surface area (Å²) in [6, 6.07) is 7.45. The third-order valence-corrected chi connectivity index (χ3v) is 2.71. The second-order valence-corrected chi connectivity index (χ2v) is 4.33. The number of nitrogens with two attached hydrogens (primary N) is 1. The summed E-state index contributed by atoms with van der Waals surface area (Å²) in [5.74, 6) is 0. The van der Waals surface area contributed by atoms with E-state index in [1.165, 1.54) is 0 Å². The van der Waals surface area contributed by atoms with Gasteiger partial charge in [-0.1, -0.05) is 11.6 Å². The molecule has 0 saturated carbocycles.